The maximum Gasteiger partial charge on any atom is 0.229 e. The number of fused-ring (bicyclic) bond motifs is 1. The molecule has 0 atom stereocenters. The van der Waals surface area contributed by atoms with Crippen molar-refractivity contribution in [2.75, 3.05) is 6.54 Å². The van der Waals surface area contributed by atoms with Crippen LogP contribution in [0.15, 0.2) is 34.7 Å². The molecule has 0 radical (unpaired) electrons. The van der Waals surface area contributed by atoms with Crippen molar-refractivity contribution in [3.63, 3.8) is 0 Å². The second-order valence-electron chi connectivity index (χ2n) is 4.44. The van der Waals surface area contributed by atoms with Crippen LogP contribution < -0.4 is 0 Å². The topological polar surface area (TPSA) is 50.5 Å². The fraction of sp³-hybridized carbons (Fsp3) is 0.286. The Bertz CT molecular complexity index is 565. The van der Waals surface area contributed by atoms with Crippen LogP contribution in [0, 0.1) is 0 Å². The van der Waals surface area contributed by atoms with Gasteiger partial charge in [0.15, 0.2) is 0 Å². The Kier molecular flexibility index (Phi) is 2.63. The van der Waals surface area contributed by atoms with Gasteiger partial charge in [-0.1, -0.05) is 18.2 Å². The monoisotopic (exact) mass is 243 g/mol. The normalized spacial score (nSPS) is 15.9. The summed E-state index contributed by atoms with van der Waals surface area (Å²) in [5.41, 5.74) is 0.839. The molecular weight excluding hydrogens is 230 g/mol. The van der Waals surface area contributed by atoms with Gasteiger partial charge < -0.3 is 4.42 Å². The summed E-state index contributed by atoms with van der Waals surface area (Å²) in [7, 11) is 0. The van der Waals surface area contributed by atoms with Crippen molar-refractivity contribution in [2.24, 2.45) is 0 Å². The van der Waals surface area contributed by atoms with Crippen LogP contribution in [0.3, 0.4) is 0 Å². The first-order valence-electron chi connectivity index (χ1n) is 6.05. The number of para-hydroxylation sites is 1. The van der Waals surface area contributed by atoms with Crippen LogP contribution in [-0.2, 0) is 16.0 Å². The van der Waals surface area contributed by atoms with Crippen LogP contribution in [0.5, 0.6) is 0 Å². The van der Waals surface area contributed by atoms with Crippen molar-refractivity contribution in [1.82, 2.24) is 4.90 Å². The van der Waals surface area contributed by atoms with E-state index in [1.165, 1.54) is 4.90 Å². The third-order valence-corrected chi connectivity index (χ3v) is 3.21. The van der Waals surface area contributed by atoms with Gasteiger partial charge in [0.25, 0.3) is 0 Å². The highest BCUT2D eigenvalue weighted by atomic mass is 16.3. The summed E-state index contributed by atoms with van der Waals surface area (Å²) < 4.78 is 5.65. The van der Waals surface area contributed by atoms with Gasteiger partial charge in [0, 0.05) is 31.2 Å². The molecule has 2 heterocycles. The maximum absolute atomic E-state index is 11.5. The molecule has 0 unspecified atom stereocenters. The number of imide groups is 1. The summed E-state index contributed by atoms with van der Waals surface area (Å²) in [6.07, 6.45) is 1.27. The first-order valence-corrected chi connectivity index (χ1v) is 6.05. The minimum Gasteiger partial charge on any atom is -0.461 e. The molecule has 0 aliphatic carbocycles. The van der Waals surface area contributed by atoms with Gasteiger partial charge in [-0.15, -0.1) is 0 Å². The van der Waals surface area contributed by atoms with E-state index in [1.54, 1.807) is 0 Å². The average molecular weight is 243 g/mol. The third-order valence-electron chi connectivity index (χ3n) is 3.21. The number of nitrogens with zero attached hydrogens (tertiary/aromatic N) is 1. The van der Waals surface area contributed by atoms with Gasteiger partial charge in [0.1, 0.15) is 11.3 Å². The molecule has 1 aliphatic rings. The Hall–Kier alpha value is -2.10. The van der Waals surface area contributed by atoms with Crippen molar-refractivity contribution in [3.05, 3.63) is 36.1 Å². The molecule has 0 N–H and O–H groups in total. The summed E-state index contributed by atoms with van der Waals surface area (Å²) in [6.45, 7) is 0.414. The van der Waals surface area contributed by atoms with E-state index in [4.69, 9.17) is 4.42 Å². The summed E-state index contributed by atoms with van der Waals surface area (Å²) >= 11 is 0. The molecule has 1 saturated heterocycles. The second kappa shape index (κ2) is 4.29. The molecule has 4 heteroatoms. The lowest BCUT2D eigenvalue weighted by molar-refractivity contribution is -0.138. The Morgan fingerprint density at radius 3 is 2.56 bits per heavy atom. The first kappa shape index (κ1) is 11.0. The lowest BCUT2D eigenvalue weighted by atomic mass is 10.2. The lowest BCUT2D eigenvalue weighted by Crippen LogP contribution is -2.30. The molecule has 4 nitrogen and oxygen atoms in total. The van der Waals surface area contributed by atoms with E-state index in [2.05, 4.69) is 0 Å². The molecule has 18 heavy (non-hydrogen) atoms. The number of furan rings is 1. The largest absolute Gasteiger partial charge is 0.461 e. The average Bonchev–Trinajstić information content (AvgIpc) is 2.91. The molecule has 1 aromatic carbocycles. The Labute approximate surface area is 104 Å². The highest BCUT2D eigenvalue weighted by Crippen LogP contribution is 2.20. The molecule has 1 fully saturated rings. The molecule has 2 amide bonds. The van der Waals surface area contributed by atoms with Crippen molar-refractivity contribution < 1.29 is 14.0 Å². The highest BCUT2D eigenvalue weighted by Gasteiger charge is 2.28. The van der Waals surface area contributed by atoms with Crippen molar-refractivity contribution >= 4 is 22.8 Å². The van der Waals surface area contributed by atoms with Crippen LogP contribution in [0.4, 0.5) is 0 Å². The van der Waals surface area contributed by atoms with E-state index >= 15 is 0 Å². The number of hydrogen-bond acceptors (Lipinski definition) is 3. The standard InChI is InChI=1S/C14H13NO3/c16-13-5-6-14(17)15(13)8-7-11-9-10-3-1-2-4-12(10)18-11/h1-4,9H,5-8H2. The quantitative estimate of drug-likeness (QED) is 0.776. The highest BCUT2D eigenvalue weighted by molar-refractivity contribution is 6.01. The minimum absolute atomic E-state index is 0.0730. The molecule has 0 bridgehead atoms. The summed E-state index contributed by atoms with van der Waals surface area (Å²) in [5, 5.41) is 1.05. The minimum atomic E-state index is -0.0730. The number of carbonyl (C=O) groups excluding carboxylic acids is 2. The Balaban J connectivity index is 1.73. The first-order chi connectivity index (χ1) is 8.74. The number of carbonyl (C=O) groups is 2. The van der Waals surface area contributed by atoms with E-state index in [0.29, 0.717) is 25.8 Å². The van der Waals surface area contributed by atoms with E-state index in [-0.39, 0.29) is 11.8 Å². The van der Waals surface area contributed by atoms with Crippen molar-refractivity contribution in [2.45, 2.75) is 19.3 Å². The predicted molar refractivity (Wildman–Crippen MR) is 65.9 cm³/mol. The number of hydrogen-bond donors (Lipinski definition) is 0. The van der Waals surface area contributed by atoms with Crippen molar-refractivity contribution in [1.29, 1.82) is 0 Å². The van der Waals surface area contributed by atoms with Gasteiger partial charge in [-0.3, -0.25) is 14.5 Å². The lowest BCUT2D eigenvalue weighted by Gasteiger charge is -2.11. The van der Waals surface area contributed by atoms with Crippen LogP contribution in [0.1, 0.15) is 18.6 Å². The summed E-state index contributed by atoms with van der Waals surface area (Å²) in [5.74, 6) is 0.663. The molecule has 92 valence electrons. The van der Waals surface area contributed by atoms with Gasteiger partial charge in [-0.05, 0) is 12.1 Å². The number of rotatable bonds is 3. The van der Waals surface area contributed by atoms with E-state index in [0.717, 1.165) is 16.7 Å². The number of amides is 2. The fourth-order valence-electron chi connectivity index (χ4n) is 2.25. The molecule has 0 spiro atoms. The van der Waals surface area contributed by atoms with Crippen molar-refractivity contribution in [3.8, 4) is 0 Å². The fourth-order valence-corrected chi connectivity index (χ4v) is 2.25. The molecule has 2 aromatic rings. The number of likely N-dealkylation sites (tertiary alicyclic amines) is 1. The zero-order chi connectivity index (χ0) is 12.5. The van der Waals surface area contributed by atoms with Crippen LogP contribution >= 0.6 is 0 Å². The van der Waals surface area contributed by atoms with Crippen LogP contribution in [0.2, 0.25) is 0 Å². The Morgan fingerprint density at radius 1 is 1.11 bits per heavy atom. The molecule has 1 aromatic heterocycles. The van der Waals surface area contributed by atoms with Gasteiger partial charge in [-0.25, -0.2) is 0 Å². The van der Waals surface area contributed by atoms with E-state index < -0.39 is 0 Å². The zero-order valence-corrected chi connectivity index (χ0v) is 9.89. The predicted octanol–water partition coefficient (Wildman–Crippen LogP) is 2.12. The molecule has 0 saturated carbocycles. The zero-order valence-electron chi connectivity index (χ0n) is 9.89. The third kappa shape index (κ3) is 1.90. The Morgan fingerprint density at radius 2 is 1.83 bits per heavy atom. The van der Waals surface area contributed by atoms with Crippen LogP contribution in [-0.4, -0.2) is 23.3 Å². The van der Waals surface area contributed by atoms with E-state index in [1.807, 2.05) is 30.3 Å². The molecule has 3 rings (SSSR count). The van der Waals surface area contributed by atoms with Gasteiger partial charge in [0.05, 0.1) is 0 Å². The maximum atomic E-state index is 11.5. The van der Waals surface area contributed by atoms with Gasteiger partial charge in [-0.2, -0.15) is 0 Å². The van der Waals surface area contributed by atoms with E-state index in [9.17, 15) is 9.59 Å². The van der Waals surface area contributed by atoms with Crippen LogP contribution in [0.25, 0.3) is 11.0 Å². The molecular formula is C14H13NO3. The summed E-state index contributed by atoms with van der Waals surface area (Å²) in [4.78, 5) is 24.2. The summed E-state index contributed by atoms with van der Waals surface area (Å²) in [6, 6.07) is 9.72. The van der Waals surface area contributed by atoms with Gasteiger partial charge in [0.2, 0.25) is 11.8 Å². The second-order valence-corrected chi connectivity index (χ2v) is 4.44. The molecule has 1 aliphatic heterocycles. The smallest absolute Gasteiger partial charge is 0.229 e. The van der Waals surface area contributed by atoms with Gasteiger partial charge >= 0.3 is 0 Å². The SMILES string of the molecule is O=C1CCC(=O)N1CCc1cc2ccccc2o1. The number of benzene rings is 1.